The van der Waals surface area contributed by atoms with Crippen LogP contribution in [0.15, 0.2) is 24.3 Å². The summed E-state index contributed by atoms with van der Waals surface area (Å²) in [5.74, 6) is -0.590. The number of para-hydroxylation sites is 1. The Balaban J connectivity index is 1.64. The average Bonchev–Trinajstić information content (AvgIpc) is 2.95. The van der Waals surface area contributed by atoms with Crippen molar-refractivity contribution in [2.24, 2.45) is 0 Å². The number of halogens is 3. The highest BCUT2D eigenvalue weighted by Crippen LogP contribution is 2.35. The third kappa shape index (κ3) is 3.51. The topological polar surface area (TPSA) is 79.0 Å². The first-order chi connectivity index (χ1) is 11.4. The number of aromatic nitrogens is 2. The van der Waals surface area contributed by atoms with Gasteiger partial charge in [-0.15, -0.1) is 0 Å². The number of ether oxygens (including phenoxy) is 1. The van der Waals surface area contributed by atoms with Crippen LogP contribution in [0.25, 0.3) is 0 Å². The molecule has 0 spiro atoms. The number of fused-ring (bicyclic) bond motifs is 1. The maximum absolute atomic E-state index is 12.9. The Labute approximate surface area is 135 Å². The summed E-state index contributed by atoms with van der Waals surface area (Å²) in [4.78, 5) is 11.9. The molecule has 0 saturated heterocycles. The van der Waals surface area contributed by atoms with Crippen molar-refractivity contribution in [1.29, 1.82) is 0 Å². The van der Waals surface area contributed by atoms with Crippen LogP contribution in [0.5, 0.6) is 5.75 Å². The van der Waals surface area contributed by atoms with Gasteiger partial charge in [-0.05, 0) is 12.1 Å². The van der Waals surface area contributed by atoms with Gasteiger partial charge in [0.2, 0.25) is 0 Å². The molecule has 1 aliphatic rings. The molecule has 0 unspecified atom stereocenters. The number of alkyl halides is 3. The van der Waals surface area contributed by atoms with Crippen molar-refractivity contribution in [2.45, 2.75) is 19.1 Å². The van der Waals surface area contributed by atoms with Crippen LogP contribution in [0.2, 0.25) is 0 Å². The Bertz CT molecular complexity index is 743. The van der Waals surface area contributed by atoms with Crippen molar-refractivity contribution in [3.63, 3.8) is 0 Å². The average molecular weight is 340 g/mol. The Kier molecular flexibility index (Phi) is 4.43. The van der Waals surface area contributed by atoms with Crippen molar-refractivity contribution in [3.05, 3.63) is 41.1 Å². The number of H-pyrrole nitrogens is 1. The van der Waals surface area contributed by atoms with Gasteiger partial charge < -0.3 is 15.4 Å². The first-order valence-electron chi connectivity index (χ1n) is 7.31. The SMILES string of the molecule is O=C(COc1ccccc1C(F)(F)F)Nc1n[nH]c2c1CNCC2. The van der Waals surface area contributed by atoms with Crippen LogP contribution in [0.3, 0.4) is 0 Å². The Morgan fingerprint density at radius 1 is 1.33 bits per heavy atom. The lowest BCUT2D eigenvalue weighted by atomic mass is 10.1. The van der Waals surface area contributed by atoms with Crippen LogP contribution in [0, 0.1) is 0 Å². The quantitative estimate of drug-likeness (QED) is 0.796. The number of carbonyl (C=O) groups is 1. The van der Waals surface area contributed by atoms with Gasteiger partial charge in [0.05, 0.1) is 5.56 Å². The monoisotopic (exact) mass is 340 g/mol. The van der Waals surface area contributed by atoms with E-state index in [1.54, 1.807) is 0 Å². The zero-order valence-electron chi connectivity index (χ0n) is 12.5. The van der Waals surface area contributed by atoms with Crippen molar-refractivity contribution in [1.82, 2.24) is 15.5 Å². The number of amides is 1. The molecule has 1 amide bonds. The van der Waals surface area contributed by atoms with E-state index in [4.69, 9.17) is 4.74 Å². The molecule has 0 atom stereocenters. The van der Waals surface area contributed by atoms with Crippen LogP contribution in [-0.2, 0) is 23.9 Å². The fourth-order valence-electron chi connectivity index (χ4n) is 2.47. The van der Waals surface area contributed by atoms with Crippen molar-refractivity contribution < 1.29 is 22.7 Å². The summed E-state index contributed by atoms with van der Waals surface area (Å²) in [7, 11) is 0. The molecule has 128 valence electrons. The molecular formula is C15H15F3N4O2. The number of nitrogens with one attached hydrogen (secondary N) is 3. The molecule has 0 saturated carbocycles. The minimum absolute atomic E-state index is 0.370. The van der Waals surface area contributed by atoms with E-state index in [2.05, 4.69) is 20.8 Å². The minimum Gasteiger partial charge on any atom is -0.483 e. The van der Waals surface area contributed by atoms with Crippen LogP contribution in [0.4, 0.5) is 19.0 Å². The van der Waals surface area contributed by atoms with Gasteiger partial charge in [0.25, 0.3) is 5.91 Å². The van der Waals surface area contributed by atoms with E-state index in [0.717, 1.165) is 30.3 Å². The smallest absolute Gasteiger partial charge is 0.419 e. The van der Waals surface area contributed by atoms with E-state index < -0.39 is 24.3 Å². The predicted octanol–water partition coefficient (Wildman–Crippen LogP) is 2.09. The number of aromatic amines is 1. The van der Waals surface area contributed by atoms with E-state index in [1.807, 2.05) is 0 Å². The number of benzene rings is 1. The zero-order valence-corrected chi connectivity index (χ0v) is 12.5. The molecule has 1 aliphatic heterocycles. The summed E-state index contributed by atoms with van der Waals surface area (Å²) in [5.41, 5.74) is 0.872. The third-order valence-corrected chi connectivity index (χ3v) is 3.62. The van der Waals surface area contributed by atoms with Crippen LogP contribution >= 0.6 is 0 Å². The van der Waals surface area contributed by atoms with Crippen molar-refractivity contribution in [3.8, 4) is 5.75 Å². The molecular weight excluding hydrogens is 325 g/mol. The lowest BCUT2D eigenvalue weighted by molar-refractivity contribution is -0.139. The molecule has 6 nitrogen and oxygen atoms in total. The molecule has 0 bridgehead atoms. The summed E-state index contributed by atoms with van der Waals surface area (Å²) >= 11 is 0. The molecule has 1 aromatic carbocycles. The van der Waals surface area contributed by atoms with Crippen molar-refractivity contribution in [2.75, 3.05) is 18.5 Å². The fraction of sp³-hybridized carbons (Fsp3) is 0.333. The minimum atomic E-state index is -4.54. The van der Waals surface area contributed by atoms with Crippen LogP contribution in [-0.4, -0.2) is 29.3 Å². The third-order valence-electron chi connectivity index (χ3n) is 3.62. The summed E-state index contributed by atoms with van der Waals surface area (Å²) in [5, 5.41) is 12.6. The van der Waals surface area contributed by atoms with Gasteiger partial charge in [-0.25, -0.2) is 0 Å². The van der Waals surface area contributed by atoms with Crippen LogP contribution in [0.1, 0.15) is 16.8 Å². The first-order valence-corrected chi connectivity index (χ1v) is 7.31. The standard InChI is InChI=1S/C15H15F3N4O2/c16-15(17,18)10-3-1-2-4-12(10)24-8-13(23)20-14-9-7-19-6-5-11(9)21-22-14/h1-4,19H,5-8H2,(H2,20,21,22,23). The molecule has 3 rings (SSSR count). The number of anilines is 1. The lowest BCUT2D eigenvalue weighted by Crippen LogP contribution is -2.25. The summed E-state index contributed by atoms with van der Waals surface area (Å²) in [6.45, 7) is 0.848. The number of hydrogen-bond acceptors (Lipinski definition) is 4. The number of nitrogens with zero attached hydrogens (tertiary/aromatic N) is 1. The van der Waals surface area contributed by atoms with Gasteiger partial charge in [0.15, 0.2) is 12.4 Å². The van der Waals surface area contributed by atoms with Gasteiger partial charge in [0, 0.05) is 30.8 Å². The maximum atomic E-state index is 12.9. The second kappa shape index (κ2) is 6.52. The molecule has 3 N–H and O–H groups in total. The van der Waals surface area contributed by atoms with Crippen LogP contribution < -0.4 is 15.4 Å². The van der Waals surface area contributed by atoms with Gasteiger partial charge in [0.1, 0.15) is 5.75 Å². The van der Waals surface area contributed by atoms with E-state index in [0.29, 0.717) is 12.4 Å². The zero-order chi connectivity index (χ0) is 17.2. The van der Waals surface area contributed by atoms with E-state index in [1.165, 1.54) is 18.2 Å². The molecule has 2 heterocycles. The number of carbonyl (C=O) groups excluding carboxylic acids is 1. The molecule has 0 aliphatic carbocycles. The van der Waals surface area contributed by atoms with Gasteiger partial charge in [-0.3, -0.25) is 9.89 Å². The highest BCUT2D eigenvalue weighted by molar-refractivity contribution is 5.91. The maximum Gasteiger partial charge on any atom is 0.419 e. The van der Waals surface area contributed by atoms with Gasteiger partial charge >= 0.3 is 6.18 Å². The highest BCUT2D eigenvalue weighted by atomic mass is 19.4. The van der Waals surface area contributed by atoms with E-state index in [-0.39, 0.29) is 5.75 Å². The molecule has 1 aromatic heterocycles. The van der Waals surface area contributed by atoms with Gasteiger partial charge in [-0.2, -0.15) is 18.3 Å². The molecule has 9 heteroatoms. The molecule has 24 heavy (non-hydrogen) atoms. The molecule has 0 fully saturated rings. The van der Waals surface area contributed by atoms with Crippen molar-refractivity contribution >= 4 is 11.7 Å². The summed E-state index contributed by atoms with van der Waals surface area (Å²) < 4.78 is 43.6. The lowest BCUT2D eigenvalue weighted by Gasteiger charge is -2.14. The Morgan fingerprint density at radius 2 is 2.12 bits per heavy atom. The second-order valence-corrected chi connectivity index (χ2v) is 5.29. The predicted molar refractivity (Wildman–Crippen MR) is 79.6 cm³/mol. The first kappa shape index (κ1) is 16.3. The highest BCUT2D eigenvalue weighted by Gasteiger charge is 2.34. The fourth-order valence-corrected chi connectivity index (χ4v) is 2.47. The number of rotatable bonds is 4. The van der Waals surface area contributed by atoms with E-state index in [9.17, 15) is 18.0 Å². The van der Waals surface area contributed by atoms with E-state index >= 15 is 0 Å². The molecule has 0 radical (unpaired) electrons. The normalized spacial score (nSPS) is 14.1. The molecule has 2 aromatic rings. The number of hydrogen-bond donors (Lipinski definition) is 3. The second-order valence-electron chi connectivity index (χ2n) is 5.29. The summed E-state index contributed by atoms with van der Waals surface area (Å²) in [6, 6.07) is 4.76. The Morgan fingerprint density at radius 3 is 2.92 bits per heavy atom. The van der Waals surface area contributed by atoms with Gasteiger partial charge in [-0.1, -0.05) is 12.1 Å². The Hall–Kier alpha value is -2.55. The summed E-state index contributed by atoms with van der Waals surface area (Å²) in [6.07, 6.45) is -3.77. The largest absolute Gasteiger partial charge is 0.483 e.